The zero-order valence-corrected chi connectivity index (χ0v) is 27.6. The predicted molar refractivity (Wildman–Crippen MR) is 179 cm³/mol. The number of anilines is 2. The Morgan fingerprint density at radius 2 is 1.93 bits per heavy atom. The van der Waals surface area contributed by atoms with Gasteiger partial charge in [0, 0.05) is 48.4 Å². The molecular weight excluding hydrogens is 624 g/mol. The molecular formula is C31H36Cl2FN7O2S. The van der Waals surface area contributed by atoms with Crippen molar-refractivity contribution >= 4 is 63.4 Å². The van der Waals surface area contributed by atoms with Gasteiger partial charge in [0.25, 0.3) is 0 Å². The van der Waals surface area contributed by atoms with E-state index in [1.165, 1.54) is 18.2 Å². The second-order valence-electron chi connectivity index (χ2n) is 11.6. The maximum Gasteiger partial charge on any atom is 0.351 e. The van der Waals surface area contributed by atoms with Crippen molar-refractivity contribution in [3.05, 3.63) is 68.2 Å². The minimum absolute atomic E-state index is 0.0388. The molecule has 1 aromatic carbocycles. The third-order valence-corrected chi connectivity index (χ3v) is 9.89. The topological polar surface area (TPSA) is 109 Å². The Hall–Kier alpha value is -3.12. The first-order valence-electron chi connectivity index (χ1n) is 14.4. The molecule has 1 amide bonds. The zero-order chi connectivity index (χ0) is 32.0. The van der Waals surface area contributed by atoms with E-state index in [-0.39, 0.29) is 56.9 Å². The van der Waals surface area contributed by atoms with Gasteiger partial charge >= 0.3 is 5.69 Å². The molecule has 2 aliphatic heterocycles. The fourth-order valence-electron chi connectivity index (χ4n) is 6.22. The first-order valence-corrected chi connectivity index (χ1v) is 16.4. The molecule has 1 saturated heterocycles. The average molecular weight is 661 g/mol. The van der Waals surface area contributed by atoms with E-state index in [1.54, 1.807) is 27.3 Å². The summed E-state index contributed by atoms with van der Waals surface area (Å²) >= 11 is 14.6. The Morgan fingerprint density at radius 1 is 1.20 bits per heavy atom. The molecule has 0 radical (unpaired) electrons. The van der Waals surface area contributed by atoms with E-state index in [0.29, 0.717) is 36.5 Å². The normalized spacial score (nSPS) is 22.4. The molecule has 0 bridgehead atoms. The van der Waals surface area contributed by atoms with Crippen LogP contribution in [0.15, 0.2) is 46.6 Å². The lowest BCUT2D eigenvalue weighted by Gasteiger charge is -2.44. The molecule has 4 heterocycles. The molecule has 0 aliphatic carbocycles. The number of thioether (sulfide) groups is 1. The molecule has 0 saturated carbocycles. The minimum Gasteiger partial charge on any atom is -0.398 e. The van der Waals surface area contributed by atoms with Gasteiger partial charge < -0.3 is 20.9 Å². The van der Waals surface area contributed by atoms with Crippen molar-refractivity contribution in [2.45, 2.75) is 51.9 Å². The number of hydrogen-bond donors (Lipinski definition) is 2. The summed E-state index contributed by atoms with van der Waals surface area (Å²) in [7, 11) is 0. The monoisotopic (exact) mass is 659 g/mol. The number of amides is 1. The Labute approximate surface area is 270 Å². The fraction of sp³-hybridized carbons (Fsp3) is 0.419. The summed E-state index contributed by atoms with van der Waals surface area (Å²) in [6.45, 7) is 13.2. The van der Waals surface area contributed by atoms with E-state index >= 15 is 4.39 Å². The standard InChI is InChI=1S/C31H36Cl2FN7O2S/c1-7-23(42)39-13-17(5)40(14-16(39)4)29-18-12-20(33)27(24-21(35)9-8-19(32)25(24)34)37-30(18)41(31(43)38-29)28-22(44-6)10-11-36-26(28)15(2)3/h7-10,12,15-17,26,28,36H,1,11,13-14,35H2,2-6H3/t16-,17+,26+,28+/m1/s1. The van der Waals surface area contributed by atoms with Gasteiger partial charge in [-0.15, -0.1) is 11.8 Å². The highest BCUT2D eigenvalue weighted by Crippen LogP contribution is 2.41. The van der Waals surface area contributed by atoms with Crippen LogP contribution in [0.1, 0.15) is 33.7 Å². The molecule has 1 fully saturated rings. The Bertz CT molecular complexity index is 1730. The third kappa shape index (κ3) is 5.59. The van der Waals surface area contributed by atoms with Crippen molar-refractivity contribution in [1.82, 2.24) is 24.8 Å². The molecule has 2 aromatic heterocycles. The molecule has 5 rings (SSSR count). The number of nitrogens with two attached hydrogens (primary N) is 1. The summed E-state index contributed by atoms with van der Waals surface area (Å²) in [6, 6.07) is 3.61. The van der Waals surface area contributed by atoms with Gasteiger partial charge in [-0.1, -0.05) is 49.7 Å². The van der Waals surface area contributed by atoms with E-state index in [1.807, 2.05) is 25.0 Å². The van der Waals surface area contributed by atoms with Gasteiger partial charge in [-0.2, -0.15) is 4.98 Å². The Morgan fingerprint density at radius 3 is 2.59 bits per heavy atom. The summed E-state index contributed by atoms with van der Waals surface area (Å²) in [5.74, 6) is -0.361. The number of aromatic nitrogens is 3. The zero-order valence-electron chi connectivity index (χ0n) is 25.3. The van der Waals surface area contributed by atoms with Crippen LogP contribution >= 0.6 is 35.0 Å². The molecule has 13 heteroatoms. The van der Waals surface area contributed by atoms with Crippen LogP contribution in [-0.4, -0.2) is 69.4 Å². The van der Waals surface area contributed by atoms with Crippen molar-refractivity contribution in [2.75, 3.05) is 36.5 Å². The second kappa shape index (κ2) is 12.7. The van der Waals surface area contributed by atoms with Crippen molar-refractivity contribution < 1.29 is 9.18 Å². The highest BCUT2D eigenvalue weighted by Gasteiger charge is 2.37. The van der Waals surface area contributed by atoms with Gasteiger partial charge in [0.05, 0.1) is 32.7 Å². The third-order valence-electron chi connectivity index (χ3n) is 8.43. The molecule has 0 unspecified atom stereocenters. The van der Waals surface area contributed by atoms with Gasteiger partial charge in [0.15, 0.2) is 5.82 Å². The fourth-order valence-corrected chi connectivity index (χ4v) is 7.36. The van der Waals surface area contributed by atoms with Crippen molar-refractivity contribution in [3.8, 4) is 11.3 Å². The second-order valence-corrected chi connectivity index (χ2v) is 13.3. The van der Waals surface area contributed by atoms with E-state index < -0.39 is 17.5 Å². The number of benzene rings is 1. The lowest BCUT2D eigenvalue weighted by molar-refractivity contribution is -0.128. The van der Waals surface area contributed by atoms with Gasteiger partial charge in [0.1, 0.15) is 11.5 Å². The maximum absolute atomic E-state index is 15.5. The van der Waals surface area contributed by atoms with Crippen molar-refractivity contribution in [3.63, 3.8) is 0 Å². The lowest BCUT2D eigenvalue weighted by Crippen LogP contribution is -2.58. The maximum atomic E-state index is 15.5. The number of halogens is 3. The number of pyridine rings is 1. The van der Waals surface area contributed by atoms with Crippen molar-refractivity contribution in [2.24, 2.45) is 5.92 Å². The number of nitrogens with zero attached hydrogens (tertiary/aromatic N) is 5. The molecule has 0 spiro atoms. The van der Waals surface area contributed by atoms with E-state index in [4.69, 9.17) is 33.9 Å². The molecule has 234 valence electrons. The van der Waals surface area contributed by atoms with Crippen LogP contribution in [-0.2, 0) is 4.79 Å². The van der Waals surface area contributed by atoms with Gasteiger partial charge in [-0.25, -0.2) is 14.2 Å². The van der Waals surface area contributed by atoms with Crippen LogP contribution in [0, 0.1) is 11.7 Å². The van der Waals surface area contributed by atoms with E-state index in [9.17, 15) is 9.59 Å². The van der Waals surface area contributed by atoms with Gasteiger partial charge in [0.2, 0.25) is 5.91 Å². The van der Waals surface area contributed by atoms with Crippen LogP contribution in [0.3, 0.4) is 0 Å². The Kier molecular flexibility index (Phi) is 9.32. The van der Waals surface area contributed by atoms with E-state index in [0.717, 1.165) is 4.91 Å². The quantitative estimate of drug-likeness (QED) is 0.263. The van der Waals surface area contributed by atoms with Gasteiger partial charge in [-0.05, 0) is 50.3 Å². The first-order chi connectivity index (χ1) is 20.9. The first kappa shape index (κ1) is 32.3. The summed E-state index contributed by atoms with van der Waals surface area (Å²) < 4.78 is 17.1. The lowest BCUT2D eigenvalue weighted by atomic mass is 9.93. The molecule has 4 atom stereocenters. The van der Waals surface area contributed by atoms with Crippen LogP contribution in [0.5, 0.6) is 0 Å². The highest BCUT2D eigenvalue weighted by molar-refractivity contribution is 8.02. The molecule has 2 aliphatic rings. The minimum atomic E-state index is -0.752. The average Bonchev–Trinajstić information content (AvgIpc) is 2.99. The number of nitrogens with one attached hydrogen (secondary N) is 1. The Balaban J connectivity index is 1.82. The molecule has 3 aromatic rings. The summed E-state index contributed by atoms with van der Waals surface area (Å²) in [5.41, 5.74) is 6.17. The molecule has 9 nitrogen and oxygen atoms in total. The largest absolute Gasteiger partial charge is 0.398 e. The molecule has 3 N–H and O–H groups in total. The van der Waals surface area contributed by atoms with Crippen LogP contribution < -0.4 is 21.6 Å². The van der Waals surface area contributed by atoms with Crippen LogP contribution in [0.25, 0.3) is 22.3 Å². The summed E-state index contributed by atoms with van der Waals surface area (Å²) in [5, 5.41) is 4.06. The predicted octanol–water partition coefficient (Wildman–Crippen LogP) is 5.51. The number of piperazine rings is 1. The molecule has 44 heavy (non-hydrogen) atoms. The number of carbonyl (C=O) groups is 1. The number of carbonyl (C=O) groups excluding carboxylic acids is 1. The smallest absolute Gasteiger partial charge is 0.351 e. The van der Waals surface area contributed by atoms with E-state index in [2.05, 4.69) is 36.8 Å². The number of nitrogen functional groups attached to an aromatic ring is 1. The number of rotatable bonds is 6. The number of fused-ring (bicyclic) bond motifs is 1. The summed E-state index contributed by atoms with van der Waals surface area (Å²) in [4.78, 5) is 41.1. The number of hydrogen-bond acceptors (Lipinski definition) is 8. The van der Waals surface area contributed by atoms with Crippen LogP contribution in [0.2, 0.25) is 10.0 Å². The SMILES string of the molecule is C=CC(=O)N1C[C@H](C)N(c2nc(=O)n([C@H]3C(SC)=CCN[C@H]3C(C)C)c3nc(-c4c(N)ccc(Cl)c4F)c(Cl)cc23)C[C@H]1C. The van der Waals surface area contributed by atoms with Gasteiger partial charge in [-0.3, -0.25) is 9.36 Å². The highest BCUT2D eigenvalue weighted by atomic mass is 35.5. The summed E-state index contributed by atoms with van der Waals surface area (Å²) in [6.07, 6.45) is 5.34. The van der Waals surface area contributed by atoms with Crippen molar-refractivity contribution in [1.29, 1.82) is 0 Å². The van der Waals surface area contributed by atoms with Crippen LogP contribution in [0.4, 0.5) is 15.9 Å².